The van der Waals surface area contributed by atoms with Crippen LogP contribution in [0.15, 0.2) is 17.6 Å². The topological polar surface area (TPSA) is 77.0 Å². The molecule has 0 aromatic heterocycles. The second-order valence-corrected chi connectivity index (χ2v) is 8.99. The van der Waals surface area contributed by atoms with Crippen LogP contribution < -0.4 is 5.32 Å². The lowest BCUT2D eigenvalue weighted by Crippen LogP contribution is -2.41. The summed E-state index contributed by atoms with van der Waals surface area (Å²) in [6.45, 7) is 12.4. The Morgan fingerprint density at radius 3 is 2.10 bits per heavy atom. The van der Waals surface area contributed by atoms with E-state index in [2.05, 4.69) is 5.32 Å². The molecule has 2 N–H and O–H groups in total. The lowest BCUT2D eigenvalue weighted by atomic mass is 9.77. The summed E-state index contributed by atoms with van der Waals surface area (Å²) in [6.07, 6.45) is 0.524. The molecule has 1 aromatic rings. The number of nitrogens with one attached hydrogen (secondary N) is 1. The Labute approximate surface area is 170 Å². The predicted molar refractivity (Wildman–Crippen MR) is 106 cm³/mol. The van der Waals surface area contributed by atoms with Crippen LogP contribution in [0.3, 0.4) is 0 Å². The van der Waals surface area contributed by atoms with Crippen LogP contribution in [0.5, 0.6) is 5.75 Å². The first-order valence-electron chi connectivity index (χ1n) is 9.32. The molecule has 1 saturated heterocycles. The Hall–Kier alpha value is -2.13. The summed E-state index contributed by atoms with van der Waals surface area (Å²) in [4.78, 5) is 12.0. The molecule has 0 atom stereocenters. The minimum Gasteiger partial charge on any atom is -0.508 e. The average Bonchev–Trinajstić information content (AvgIpc) is 2.71. The van der Waals surface area contributed by atoms with Gasteiger partial charge in [-0.05, 0) is 53.9 Å². The van der Waals surface area contributed by atoms with Crippen LogP contribution in [0.4, 0.5) is 13.6 Å². The minimum absolute atomic E-state index is 0.120. The SMILES string of the molecule is CC(C)(C)OC(=O)NCC(=Cc1c(F)cc(O)cc1F)B1OC(C)(C)C(C)(C)O1. The standard InChI is InChI=1S/C20H28BF2NO5/c1-18(2,3)27-17(26)24-11-12(21-28-19(4,5)20(6,7)29-21)8-14-15(22)9-13(25)10-16(14)23/h8-10,25H,11H2,1-7H3,(H,24,26). The molecule has 1 fully saturated rings. The summed E-state index contributed by atoms with van der Waals surface area (Å²) < 4.78 is 45.6. The van der Waals surface area contributed by atoms with E-state index in [0.29, 0.717) is 0 Å². The van der Waals surface area contributed by atoms with E-state index in [9.17, 15) is 18.7 Å². The lowest BCUT2D eigenvalue weighted by Gasteiger charge is -2.32. The van der Waals surface area contributed by atoms with Crippen molar-refractivity contribution < 1.29 is 32.7 Å². The maximum atomic E-state index is 14.2. The first-order valence-corrected chi connectivity index (χ1v) is 9.32. The number of alkyl carbamates (subject to hydrolysis) is 1. The predicted octanol–water partition coefficient (Wildman–Crippen LogP) is 4.21. The number of aromatic hydroxyl groups is 1. The van der Waals surface area contributed by atoms with Gasteiger partial charge in [-0.3, -0.25) is 0 Å². The summed E-state index contributed by atoms with van der Waals surface area (Å²) in [6, 6.07) is 1.61. The fourth-order valence-electron chi connectivity index (χ4n) is 2.58. The van der Waals surface area contributed by atoms with Gasteiger partial charge in [-0.15, -0.1) is 0 Å². The first-order chi connectivity index (χ1) is 13.1. The largest absolute Gasteiger partial charge is 0.508 e. The Bertz CT molecular complexity index is 779. The highest BCUT2D eigenvalue weighted by Gasteiger charge is 2.52. The molecule has 0 spiro atoms. The van der Waals surface area contributed by atoms with Gasteiger partial charge in [0.1, 0.15) is 23.0 Å². The smallest absolute Gasteiger partial charge is 0.492 e. The third-order valence-corrected chi connectivity index (χ3v) is 4.79. The number of amides is 1. The van der Waals surface area contributed by atoms with Gasteiger partial charge in [0.05, 0.1) is 11.2 Å². The number of hydrogen-bond acceptors (Lipinski definition) is 5. The number of benzene rings is 1. The number of rotatable bonds is 4. The molecule has 1 amide bonds. The molecule has 9 heteroatoms. The quantitative estimate of drug-likeness (QED) is 0.726. The maximum absolute atomic E-state index is 14.2. The molecular weight excluding hydrogens is 383 g/mol. The van der Waals surface area contributed by atoms with E-state index in [-0.39, 0.29) is 17.6 Å². The summed E-state index contributed by atoms with van der Waals surface area (Å²) in [5.41, 5.74) is -2.16. The van der Waals surface area contributed by atoms with E-state index in [4.69, 9.17) is 14.0 Å². The molecular formula is C20H28BF2NO5. The molecule has 0 radical (unpaired) electrons. The zero-order valence-corrected chi connectivity index (χ0v) is 17.9. The van der Waals surface area contributed by atoms with Gasteiger partial charge >= 0.3 is 13.2 Å². The molecule has 0 saturated carbocycles. The van der Waals surface area contributed by atoms with Gasteiger partial charge in [-0.1, -0.05) is 6.08 Å². The second kappa shape index (κ2) is 7.95. The number of halogens is 2. The van der Waals surface area contributed by atoms with Crippen molar-refractivity contribution in [1.29, 1.82) is 0 Å². The number of hydrogen-bond donors (Lipinski definition) is 2. The second-order valence-electron chi connectivity index (χ2n) is 8.99. The number of carbonyl (C=O) groups excluding carboxylic acids is 1. The summed E-state index contributed by atoms with van der Waals surface area (Å²) in [5.74, 6) is -2.43. The molecule has 0 bridgehead atoms. The highest BCUT2D eigenvalue weighted by atomic mass is 19.1. The van der Waals surface area contributed by atoms with Crippen molar-refractivity contribution in [3.05, 3.63) is 34.8 Å². The molecule has 160 valence electrons. The Morgan fingerprint density at radius 2 is 1.66 bits per heavy atom. The fourth-order valence-corrected chi connectivity index (χ4v) is 2.58. The molecule has 2 rings (SSSR count). The Balaban J connectivity index is 2.36. The van der Waals surface area contributed by atoms with E-state index >= 15 is 0 Å². The molecule has 1 heterocycles. The summed E-state index contributed by atoms with van der Waals surface area (Å²) >= 11 is 0. The van der Waals surface area contributed by atoms with Crippen molar-refractivity contribution in [3.63, 3.8) is 0 Å². The van der Waals surface area contributed by atoms with Gasteiger partial charge in [0.2, 0.25) is 0 Å². The third kappa shape index (κ3) is 5.70. The van der Waals surface area contributed by atoms with E-state index in [1.54, 1.807) is 20.8 Å². The van der Waals surface area contributed by atoms with Crippen molar-refractivity contribution in [2.45, 2.75) is 65.3 Å². The zero-order chi connectivity index (χ0) is 22.2. The van der Waals surface area contributed by atoms with Crippen LogP contribution in [0.2, 0.25) is 0 Å². The van der Waals surface area contributed by atoms with Gasteiger partial charge in [0, 0.05) is 24.2 Å². The summed E-state index contributed by atoms with van der Waals surface area (Å²) in [5, 5.41) is 11.9. The number of phenols is 1. The normalized spacial score (nSPS) is 18.7. The van der Waals surface area contributed by atoms with Crippen LogP contribution >= 0.6 is 0 Å². The van der Waals surface area contributed by atoms with E-state index in [1.165, 1.54) is 6.08 Å². The van der Waals surface area contributed by atoms with Gasteiger partial charge in [-0.2, -0.15) is 0 Å². The van der Waals surface area contributed by atoms with Crippen LogP contribution in [-0.2, 0) is 14.0 Å². The third-order valence-electron chi connectivity index (χ3n) is 4.79. The van der Waals surface area contributed by atoms with Crippen molar-refractivity contribution in [1.82, 2.24) is 5.32 Å². The van der Waals surface area contributed by atoms with Crippen molar-refractivity contribution in [2.75, 3.05) is 6.54 Å². The van der Waals surface area contributed by atoms with Crippen LogP contribution in [-0.4, -0.2) is 41.7 Å². The molecule has 0 aliphatic carbocycles. The molecule has 6 nitrogen and oxygen atoms in total. The van der Waals surface area contributed by atoms with Gasteiger partial charge < -0.3 is 24.5 Å². The van der Waals surface area contributed by atoms with E-state index in [0.717, 1.165) is 12.1 Å². The highest BCUT2D eigenvalue weighted by molar-refractivity contribution is 6.56. The fraction of sp³-hybridized carbons (Fsp3) is 0.550. The molecule has 1 aromatic carbocycles. The number of ether oxygens (including phenoxy) is 1. The molecule has 1 aliphatic rings. The minimum atomic E-state index is -0.950. The Kier molecular flexibility index (Phi) is 6.35. The van der Waals surface area contributed by atoms with Crippen molar-refractivity contribution in [2.24, 2.45) is 0 Å². The Morgan fingerprint density at radius 1 is 1.17 bits per heavy atom. The molecule has 0 unspecified atom stereocenters. The van der Waals surface area contributed by atoms with Crippen LogP contribution in [0, 0.1) is 11.6 Å². The highest BCUT2D eigenvalue weighted by Crippen LogP contribution is 2.39. The zero-order valence-electron chi connectivity index (χ0n) is 17.9. The van der Waals surface area contributed by atoms with Crippen molar-refractivity contribution >= 4 is 19.3 Å². The van der Waals surface area contributed by atoms with E-state index < -0.39 is 47.4 Å². The maximum Gasteiger partial charge on any atom is 0.492 e. The van der Waals surface area contributed by atoms with Crippen molar-refractivity contribution in [3.8, 4) is 5.75 Å². The van der Waals surface area contributed by atoms with E-state index in [1.807, 2.05) is 27.7 Å². The number of phenolic OH excluding ortho intramolecular Hbond substituents is 1. The summed E-state index contributed by atoms with van der Waals surface area (Å²) in [7, 11) is -0.942. The van der Waals surface area contributed by atoms with Gasteiger partial charge in [0.25, 0.3) is 0 Å². The lowest BCUT2D eigenvalue weighted by molar-refractivity contribution is 0.00578. The number of carbonyl (C=O) groups is 1. The molecule has 1 aliphatic heterocycles. The van der Waals surface area contributed by atoms with Crippen LogP contribution in [0.25, 0.3) is 6.08 Å². The van der Waals surface area contributed by atoms with Gasteiger partial charge in [-0.25, -0.2) is 13.6 Å². The van der Waals surface area contributed by atoms with Crippen LogP contribution in [0.1, 0.15) is 54.0 Å². The monoisotopic (exact) mass is 411 g/mol. The first kappa shape index (κ1) is 23.2. The molecule has 29 heavy (non-hydrogen) atoms. The average molecular weight is 411 g/mol. The van der Waals surface area contributed by atoms with Gasteiger partial charge in [0.15, 0.2) is 0 Å².